The van der Waals surface area contributed by atoms with Crippen LogP contribution in [0.5, 0.6) is 0 Å². The van der Waals surface area contributed by atoms with E-state index in [1.807, 2.05) is 0 Å². The Hall–Kier alpha value is -2.37. The maximum Gasteiger partial charge on any atom is 0.306 e. The molecule has 0 aromatic rings. The van der Waals surface area contributed by atoms with E-state index in [0.29, 0.717) is 13.0 Å². The average molecular weight is 845 g/mol. The number of carbonyl (C=O) groups excluding carboxylic acids is 1. The second kappa shape index (κ2) is 42.0. The zero-order valence-electron chi connectivity index (χ0n) is 37.9. The van der Waals surface area contributed by atoms with Gasteiger partial charge in [0.1, 0.15) is 30.5 Å². The minimum absolute atomic E-state index is 0.127. The largest absolute Gasteiger partial charge is 0.457 e. The van der Waals surface area contributed by atoms with Gasteiger partial charge >= 0.3 is 5.97 Å². The number of hydrogen-bond acceptors (Lipinski definition) is 9. The first-order valence-corrected chi connectivity index (χ1v) is 24.0. The summed E-state index contributed by atoms with van der Waals surface area (Å²) >= 11 is 0. The average Bonchev–Trinajstić information content (AvgIpc) is 3.25. The molecular formula is C51H88O9. The van der Waals surface area contributed by atoms with Gasteiger partial charge in [-0.2, -0.15) is 0 Å². The van der Waals surface area contributed by atoms with Crippen LogP contribution in [0, 0.1) is 0 Å². The Kier molecular flexibility index (Phi) is 38.9. The molecule has 9 nitrogen and oxygen atoms in total. The van der Waals surface area contributed by atoms with Crippen LogP contribution in [0.25, 0.3) is 0 Å². The van der Waals surface area contributed by atoms with E-state index >= 15 is 0 Å². The van der Waals surface area contributed by atoms with Gasteiger partial charge in [-0.05, 0) is 83.5 Å². The Morgan fingerprint density at radius 3 is 1.53 bits per heavy atom. The summed E-state index contributed by atoms with van der Waals surface area (Å²) in [5.41, 5.74) is 0. The quantitative estimate of drug-likeness (QED) is 0.0270. The number of ether oxygens (including phenoxy) is 4. The van der Waals surface area contributed by atoms with E-state index in [2.05, 4.69) is 86.8 Å². The molecular weight excluding hydrogens is 757 g/mol. The highest BCUT2D eigenvalue weighted by Gasteiger charge is 2.44. The zero-order chi connectivity index (χ0) is 43.6. The van der Waals surface area contributed by atoms with E-state index in [0.717, 1.165) is 89.9 Å². The Morgan fingerprint density at radius 2 is 1.02 bits per heavy atom. The lowest BCUT2D eigenvalue weighted by Gasteiger charge is -2.39. The van der Waals surface area contributed by atoms with Crippen molar-refractivity contribution in [2.45, 2.75) is 218 Å². The SMILES string of the molecule is CC/C=C\C/C=C\C/C=C\CCCCCCCCOCC(COC1OC(CO)C(O)C(O)C1O)OC(=O)CCCCCCCC/C=C\C/C=C\C/C=C\CCCCCCC. The topological polar surface area (TPSA) is 135 Å². The van der Waals surface area contributed by atoms with Crippen LogP contribution in [0.1, 0.15) is 181 Å². The number of esters is 1. The van der Waals surface area contributed by atoms with Gasteiger partial charge in [0, 0.05) is 13.0 Å². The number of allylic oxidation sites excluding steroid dienone is 12. The summed E-state index contributed by atoms with van der Waals surface area (Å²) < 4.78 is 22.8. The molecule has 1 fully saturated rings. The molecule has 0 saturated carbocycles. The second-order valence-corrected chi connectivity index (χ2v) is 16.2. The fourth-order valence-electron chi connectivity index (χ4n) is 6.87. The van der Waals surface area contributed by atoms with Gasteiger partial charge in [-0.3, -0.25) is 4.79 Å². The molecule has 0 radical (unpaired) electrons. The molecule has 4 N–H and O–H groups in total. The van der Waals surface area contributed by atoms with Gasteiger partial charge in [-0.25, -0.2) is 0 Å². The molecule has 0 amide bonds. The van der Waals surface area contributed by atoms with Crippen molar-refractivity contribution in [1.29, 1.82) is 0 Å². The number of carbonyl (C=O) groups is 1. The number of aliphatic hydroxyl groups excluding tert-OH is 4. The van der Waals surface area contributed by atoms with Crippen LogP contribution in [-0.2, 0) is 23.7 Å². The molecule has 0 spiro atoms. The van der Waals surface area contributed by atoms with Crippen LogP contribution in [0.2, 0.25) is 0 Å². The minimum atomic E-state index is -1.55. The van der Waals surface area contributed by atoms with Gasteiger partial charge in [-0.1, -0.05) is 164 Å². The maximum atomic E-state index is 12.8. The lowest BCUT2D eigenvalue weighted by Crippen LogP contribution is -2.59. The Morgan fingerprint density at radius 1 is 0.550 bits per heavy atom. The van der Waals surface area contributed by atoms with Crippen molar-refractivity contribution in [3.8, 4) is 0 Å². The van der Waals surface area contributed by atoms with E-state index < -0.39 is 43.4 Å². The summed E-state index contributed by atoms with van der Waals surface area (Å²) in [6, 6.07) is 0. The van der Waals surface area contributed by atoms with E-state index in [1.54, 1.807) is 0 Å². The molecule has 0 aromatic heterocycles. The molecule has 6 atom stereocenters. The van der Waals surface area contributed by atoms with Gasteiger partial charge < -0.3 is 39.4 Å². The molecule has 1 rings (SSSR count). The first-order valence-electron chi connectivity index (χ1n) is 24.0. The third kappa shape index (κ3) is 32.4. The van der Waals surface area contributed by atoms with Crippen LogP contribution in [0.4, 0.5) is 0 Å². The van der Waals surface area contributed by atoms with Gasteiger partial charge in [0.15, 0.2) is 6.29 Å². The highest BCUT2D eigenvalue weighted by Crippen LogP contribution is 2.22. The van der Waals surface area contributed by atoms with E-state index in [1.165, 1.54) is 70.6 Å². The van der Waals surface area contributed by atoms with Gasteiger partial charge in [0.25, 0.3) is 0 Å². The zero-order valence-corrected chi connectivity index (χ0v) is 37.9. The molecule has 6 unspecified atom stereocenters. The molecule has 0 aromatic carbocycles. The molecule has 1 aliphatic rings. The summed E-state index contributed by atoms with van der Waals surface area (Å²) in [4.78, 5) is 12.8. The van der Waals surface area contributed by atoms with E-state index in [9.17, 15) is 25.2 Å². The predicted molar refractivity (Wildman–Crippen MR) is 247 cm³/mol. The van der Waals surface area contributed by atoms with Crippen molar-refractivity contribution in [3.63, 3.8) is 0 Å². The molecule has 1 heterocycles. The molecule has 0 aliphatic carbocycles. The molecule has 346 valence electrons. The highest BCUT2D eigenvalue weighted by molar-refractivity contribution is 5.69. The Balaban J connectivity index is 2.26. The van der Waals surface area contributed by atoms with Crippen LogP contribution >= 0.6 is 0 Å². The van der Waals surface area contributed by atoms with Gasteiger partial charge in [-0.15, -0.1) is 0 Å². The fraction of sp³-hybridized carbons (Fsp3) is 0.745. The Labute approximate surface area is 366 Å². The molecule has 1 saturated heterocycles. The maximum absolute atomic E-state index is 12.8. The lowest BCUT2D eigenvalue weighted by atomic mass is 9.99. The highest BCUT2D eigenvalue weighted by atomic mass is 16.7. The third-order valence-corrected chi connectivity index (χ3v) is 10.6. The van der Waals surface area contributed by atoms with E-state index in [-0.39, 0.29) is 19.2 Å². The van der Waals surface area contributed by atoms with Gasteiger partial charge in [0.2, 0.25) is 0 Å². The van der Waals surface area contributed by atoms with Crippen molar-refractivity contribution >= 4 is 5.97 Å². The summed E-state index contributed by atoms with van der Waals surface area (Å²) in [5, 5.41) is 40.2. The first-order chi connectivity index (χ1) is 29.4. The van der Waals surface area contributed by atoms with Crippen molar-refractivity contribution < 1.29 is 44.2 Å². The summed E-state index contributed by atoms with van der Waals surface area (Å²) in [6.07, 6.45) is 47.8. The first kappa shape index (κ1) is 55.6. The lowest BCUT2D eigenvalue weighted by molar-refractivity contribution is -0.305. The minimum Gasteiger partial charge on any atom is -0.457 e. The predicted octanol–water partition coefficient (Wildman–Crippen LogP) is 11.3. The number of aliphatic hydroxyl groups is 4. The number of hydrogen-bond donors (Lipinski definition) is 4. The monoisotopic (exact) mass is 845 g/mol. The normalized spacial score (nSPS) is 20.7. The molecule has 60 heavy (non-hydrogen) atoms. The van der Waals surface area contributed by atoms with Crippen LogP contribution in [-0.4, -0.2) is 89.6 Å². The van der Waals surface area contributed by atoms with Crippen LogP contribution in [0.3, 0.4) is 0 Å². The van der Waals surface area contributed by atoms with Crippen molar-refractivity contribution in [1.82, 2.24) is 0 Å². The van der Waals surface area contributed by atoms with Crippen molar-refractivity contribution in [2.75, 3.05) is 26.4 Å². The standard InChI is InChI=1S/C51H88O9/c1-3-5-7-9-11-13-15-17-19-21-22-23-24-25-26-28-30-32-34-36-38-40-47(53)59-45(44-58-51-50(56)49(55)48(54)46(42-52)60-51)43-57-41-39-37-35-33-31-29-27-20-18-16-14-12-10-8-6-4-2/h6,8,12,14-15,17-18,20-22,24-25,45-46,48-52,54-56H,3-5,7,9-11,13,16,19,23,26-44H2,1-2H3/b8-6-,14-12-,17-15-,20-18-,22-21-,25-24-. The van der Waals surface area contributed by atoms with Crippen molar-refractivity contribution in [3.05, 3.63) is 72.9 Å². The summed E-state index contributed by atoms with van der Waals surface area (Å²) in [5.74, 6) is -0.333. The summed E-state index contributed by atoms with van der Waals surface area (Å²) in [7, 11) is 0. The van der Waals surface area contributed by atoms with Gasteiger partial charge in [0.05, 0.1) is 19.8 Å². The van der Waals surface area contributed by atoms with E-state index in [4.69, 9.17) is 18.9 Å². The summed E-state index contributed by atoms with van der Waals surface area (Å²) in [6.45, 7) is 4.38. The molecule has 1 aliphatic heterocycles. The third-order valence-electron chi connectivity index (χ3n) is 10.6. The van der Waals surface area contributed by atoms with Crippen LogP contribution in [0.15, 0.2) is 72.9 Å². The second-order valence-electron chi connectivity index (χ2n) is 16.2. The number of rotatable bonds is 40. The fourth-order valence-corrected chi connectivity index (χ4v) is 6.87. The molecule has 0 bridgehead atoms. The van der Waals surface area contributed by atoms with Crippen molar-refractivity contribution in [2.24, 2.45) is 0 Å². The smallest absolute Gasteiger partial charge is 0.306 e. The van der Waals surface area contributed by atoms with Crippen LogP contribution < -0.4 is 0 Å². The molecule has 9 heteroatoms. The Bertz CT molecular complexity index is 1140. The number of unbranched alkanes of at least 4 members (excludes halogenated alkanes) is 17.